The number of nitrogens with zero attached hydrogens (tertiary/aromatic N) is 3. The molecular formula is C22H29N3O2. The summed E-state index contributed by atoms with van der Waals surface area (Å²) in [5.74, 6) is 2.26. The number of ether oxygens (including phenoxy) is 1. The summed E-state index contributed by atoms with van der Waals surface area (Å²) in [7, 11) is 1.73. The number of methoxy groups -OCH3 is 1. The van der Waals surface area contributed by atoms with Gasteiger partial charge in [0.2, 0.25) is 0 Å². The summed E-state index contributed by atoms with van der Waals surface area (Å²) in [6.45, 7) is 9.46. The lowest BCUT2D eigenvalue weighted by atomic mass is 10.1. The van der Waals surface area contributed by atoms with Gasteiger partial charge in [-0.2, -0.15) is 0 Å². The Morgan fingerprint density at radius 1 is 1.30 bits per heavy atom. The highest BCUT2D eigenvalue weighted by Gasteiger charge is 2.29. The monoisotopic (exact) mass is 367 g/mol. The van der Waals surface area contributed by atoms with E-state index in [1.54, 1.807) is 7.11 Å². The fourth-order valence-electron chi connectivity index (χ4n) is 4.17. The Hall–Kier alpha value is -2.27. The van der Waals surface area contributed by atoms with Crippen molar-refractivity contribution in [1.82, 2.24) is 14.6 Å². The molecule has 144 valence electrons. The zero-order chi connectivity index (χ0) is 19.0. The minimum absolute atomic E-state index is 0.340. The third kappa shape index (κ3) is 3.36. The molecule has 5 nitrogen and oxygen atoms in total. The lowest BCUT2D eigenvalue weighted by molar-refractivity contribution is 0.236. The van der Waals surface area contributed by atoms with Gasteiger partial charge in [-0.25, -0.2) is 0 Å². The minimum atomic E-state index is 0.340. The van der Waals surface area contributed by atoms with Gasteiger partial charge in [0.25, 0.3) is 0 Å². The molecule has 4 rings (SSSR count). The first kappa shape index (κ1) is 18.1. The van der Waals surface area contributed by atoms with Crippen LogP contribution in [0.2, 0.25) is 0 Å². The number of aryl methyl sites for hydroxylation is 1. The van der Waals surface area contributed by atoms with Crippen molar-refractivity contribution in [3.8, 4) is 5.75 Å². The van der Waals surface area contributed by atoms with Crippen LogP contribution in [-0.4, -0.2) is 28.3 Å². The van der Waals surface area contributed by atoms with Crippen LogP contribution in [0.25, 0.3) is 10.9 Å². The summed E-state index contributed by atoms with van der Waals surface area (Å²) in [4.78, 5) is 2.54. The van der Waals surface area contributed by atoms with Crippen LogP contribution >= 0.6 is 0 Å². The molecule has 0 amide bonds. The number of aromatic nitrogens is 2. The first-order chi connectivity index (χ1) is 13.1. The molecule has 1 aromatic carbocycles. The molecule has 1 fully saturated rings. The van der Waals surface area contributed by atoms with Crippen molar-refractivity contribution >= 4 is 10.9 Å². The number of hydrogen-bond donors (Lipinski definition) is 0. The molecule has 0 spiro atoms. The Kier molecular flexibility index (Phi) is 4.96. The maximum atomic E-state index is 5.56. The van der Waals surface area contributed by atoms with E-state index in [2.05, 4.69) is 59.8 Å². The molecule has 1 atom stereocenters. The largest absolute Gasteiger partial charge is 0.497 e. The van der Waals surface area contributed by atoms with Crippen molar-refractivity contribution in [3.05, 3.63) is 47.5 Å². The standard InChI is InChI=1S/C22H29N3O2/c1-5-24-13-16(18-11-17(26-4)8-9-20(18)24)14-25-10-6-7-21(25)19-12-22(15(2)3)27-23-19/h8-9,11-13,15,21H,5-7,10,14H2,1-4H3/t21-/m1/s1. The zero-order valence-corrected chi connectivity index (χ0v) is 16.7. The highest BCUT2D eigenvalue weighted by molar-refractivity contribution is 5.85. The van der Waals surface area contributed by atoms with Crippen LogP contribution in [0.4, 0.5) is 0 Å². The minimum Gasteiger partial charge on any atom is -0.497 e. The fraction of sp³-hybridized carbons (Fsp3) is 0.500. The van der Waals surface area contributed by atoms with Gasteiger partial charge in [-0.15, -0.1) is 0 Å². The molecule has 0 N–H and O–H groups in total. The lowest BCUT2D eigenvalue weighted by Crippen LogP contribution is -2.22. The van der Waals surface area contributed by atoms with Crippen LogP contribution < -0.4 is 4.74 Å². The predicted octanol–water partition coefficient (Wildman–Crippen LogP) is 5.12. The molecular weight excluding hydrogens is 338 g/mol. The second kappa shape index (κ2) is 7.39. The third-order valence-electron chi connectivity index (χ3n) is 5.71. The van der Waals surface area contributed by atoms with Gasteiger partial charge in [0.15, 0.2) is 0 Å². The van der Waals surface area contributed by atoms with E-state index in [1.807, 2.05) is 6.07 Å². The SMILES string of the molecule is CCn1cc(CN2CCC[C@@H]2c2cc(C(C)C)on2)c2cc(OC)ccc21. The molecule has 1 aliphatic heterocycles. The molecule has 5 heteroatoms. The van der Waals surface area contributed by atoms with E-state index in [4.69, 9.17) is 9.26 Å². The molecule has 2 aromatic heterocycles. The average Bonchev–Trinajstić information content (AvgIpc) is 3.40. The van der Waals surface area contributed by atoms with Gasteiger partial charge in [-0.3, -0.25) is 4.90 Å². The van der Waals surface area contributed by atoms with E-state index in [-0.39, 0.29) is 0 Å². The van der Waals surface area contributed by atoms with Crippen LogP contribution in [0.3, 0.4) is 0 Å². The highest BCUT2D eigenvalue weighted by atomic mass is 16.5. The molecule has 0 bridgehead atoms. The summed E-state index contributed by atoms with van der Waals surface area (Å²) < 4.78 is 13.3. The third-order valence-corrected chi connectivity index (χ3v) is 5.71. The molecule has 3 heterocycles. The van der Waals surface area contributed by atoms with Crippen LogP contribution in [0, 0.1) is 0 Å². The van der Waals surface area contributed by atoms with E-state index in [1.165, 1.54) is 22.9 Å². The number of likely N-dealkylation sites (tertiary alicyclic amines) is 1. The maximum Gasteiger partial charge on any atom is 0.139 e. The second-order valence-electron chi connectivity index (χ2n) is 7.76. The van der Waals surface area contributed by atoms with Crippen LogP contribution in [0.5, 0.6) is 5.75 Å². The molecule has 1 saturated heterocycles. The molecule has 27 heavy (non-hydrogen) atoms. The van der Waals surface area contributed by atoms with Gasteiger partial charge in [0.05, 0.1) is 13.2 Å². The number of benzene rings is 1. The molecule has 3 aromatic rings. The van der Waals surface area contributed by atoms with Crippen molar-refractivity contribution < 1.29 is 9.26 Å². The smallest absolute Gasteiger partial charge is 0.139 e. The molecule has 0 radical (unpaired) electrons. The normalized spacial score (nSPS) is 18.0. The Balaban J connectivity index is 1.64. The Bertz CT molecular complexity index is 925. The van der Waals surface area contributed by atoms with Crippen molar-refractivity contribution in [2.24, 2.45) is 0 Å². The van der Waals surface area contributed by atoms with Gasteiger partial charge in [0.1, 0.15) is 17.2 Å². The van der Waals surface area contributed by atoms with Crippen LogP contribution in [0.1, 0.15) is 62.6 Å². The van der Waals surface area contributed by atoms with Crippen molar-refractivity contribution in [2.75, 3.05) is 13.7 Å². The predicted molar refractivity (Wildman–Crippen MR) is 107 cm³/mol. The average molecular weight is 367 g/mol. The van der Waals surface area contributed by atoms with E-state index in [9.17, 15) is 0 Å². The lowest BCUT2D eigenvalue weighted by Gasteiger charge is -2.22. The van der Waals surface area contributed by atoms with Crippen molar-refractivity contribution in [2.45, 2.75) is 58.7 Å². The topological polar surface area (TPSA) is 43.4 Å². The van der Waals surface area contributed by atoms with E-state index in [0.717, 1.165) is 43.3 Å². The number of fused-ring (bicyclic) bond motifs is 1. The number of hydrogen-bond acceptors (Lipinski definition) is 4. The van der Waals surface area contributed by atoms with Crippen LogP contribution in [-0.2, 0) is 13.1 Å². The first-order valence-corrected chi connectivity index (χ1v) is 9.97. The zero-order valence-electron chi connectivity index (χ0n) is 16.7. The fourth-order valence-corrected chi connectivity index (χ4v) is 4.17. The van der Waals surface area contributed by atoms with E-state index in [0.29, 0.717) is 12.0 Å². The van der Waals surface area contributed by atoms with E-state index < -0.39 is 0 Å². The molecule has 0 unspecified atom stereocenters. The molecule has 0 aliphatic carbocycles. The van der Waals surface area contributed by atoms with Gasteiger partial charge in [0, 0.05) is 42.2 Å². The summed E-state index contributed by atoms with van der Waals surface area (Å²) in [6.07, 6.45) is 4.63. The Labute approximate surface area is 160 Å². The Morgan fingerprint density at radius 3 is 2.85 bits per heavy atom. The van der Waals surface area contributed by atoms with Gasteiger partial charge in [-0.1, -0.05) is 19.0 Å². The Morgan fingerprint density at radius 2 is 2.15 bits per heavy atom. The van der Waals surface area contributed by atoms with E-state index >= 15 is 0 Å². The second-order valence-corrected chi connectivity index (χ2v) is 7.76. The summed E-state index contributed by atoms with van der Waals surface area (Å²) in [5, 5.41) is 5.66. The van der Waals surface area contributed by atoms with Gasteiger partial charge < -0.3 is 13.8 Å². The van der Waals surface area contributed by atoms with Gasteiger partial charge >= 0.3 is 0 Å². The van der Waals surface area contributed by atoms with Crippen LogP contribution in [0.15, 0.2) is 35.0 Å². The summed E-state index contributed by atoms with van der Waals surface area (Å²) in [6, 6.07) is 8.85. The van der Waals surface area contributed by atoms with Crippen molar-refractivity contribution in [1.29, 1.82) is 0 Å². The maximum absolute atomic E-state index is 5.56. The highest BCUT2D eigenvalue weighted by Crippen LogP contribution is 2.35. The number of rotatable bonds is 6. The quantitative estimate of drug-likeness (QED) is 0.607. The van der Waals surface area contributed by atoms with Gasteiger partial charge in [-0.05, 0) is 50.1 Å². The first-order valence-electron chi connectivity index (χ1n) is 9.97. The van der Waals surface area contributed by atoms with Crippen molar-refractivity contribution in [3.63, 3.8) is 0 Å². The summed E-state index contributed by atoms with van der Waals surface area (Å²) >= 11 is 0. The molecule has 1 aliphatic rings. The molecule has 0 saturated carbocycles. The summed E-state index contributed by atoms with van der Waals surface area (Å²) in [5.41, 5.74) is 3.70.